The molecule has 4 nitrogen and oxygen atoms in total. The minimum Gasteiger partial charge on any atom is -0.340 e. The van der Waals surface area contributed by atoms with Crippen LogP contribution >= 0.6 is 0 Å². The number of nitrogens with two attached hydrogens (primary N) is 1. The number of nitrogens with zero attached hydrogens (tertiary/aromatic N) is 2. The van der Waals surface area contributed by atoms with Crippen LogP contribution in [-0.2, 0) is 11.3 Å². The number of amides is 1. The SMILES string of the molecule is CCN(Cc1ccccc1)[C@H]1CCN(C(=O)[C@@H](N)C(C)C)C1. The highest BCUT2D eigenvalue weighted by molar-refractivity contribution is 5.82. The van der Waals surface area contributed by atoms with Crippen molar-refractivity contribution in [3.8, 4) is 0 Å². The summed E-state index contributed by atoms with van der Waals surface area (Å²) in [6.07, 6.45) is 1.04. The van der Waals surface area contributed by atoms with Crippen LogP contribution in [0.1, 0.15) is 32.8 Å². The molecule has 1 aliphatic heterocycles. The summed E-state index contributed by atoms with van der Waals surface area (Å²) in [4.78, 5) is 16.8. The summed E-state index contributed by atoms with van der Waals surface area (Å²) in [5.74, 6) is 0.298. The molecule has 4 heteroatoms. The molecule has 0 aliphatic carbocycles. The van der Waals surface area contributed by atoms with E-state index in [4.69, 9.17) is 5.73 Å². The lowest BCUT2D eigenvalue weighted by Crippen LogP contribution is -2.47. The van der Waals surface area contributed by atoms with E-state index in [0.29, 0.717) is 6.04 Å². The first-order chi connectivity index (χ1) is 10.5. The van der Waals surface area contributed by atoms with Crippen LogP contribution in [0.5, 0.6) is 0 Å². The molecule has 0 saturated carbocycles. The maximum atomic E-state index is 12.4. The lowest BCUT2D eigenvalue weighted by molar-refractivity contribution is -0.132. The van der Waals surface area contributed by atoms with Crippen molar-refractivity contribution in [1.29, 1.82) is 0 Å². The standard InChI is InChI=1S/C18H29N3O/c1-4-20(12-15-8-6-5-7-9-15)16-10-11-21(13-16)18(22)17(19)14(2)3/h5-9,14,16-17H,4,10-13,19H2,1-3H3/t16-,17-/m0/s1. The summed E-state index contributed by atoms with van der Waals surface area (Å²) in [6, 6.07) is 10.6. The summed E-state index contributed by atoms with van der Waals surface area (Å²) in [5.41, 5.74) is 7.34. The summed E-state index contributed by atoms with van der Waals surface area (Å²) in [5, 5.41) is 0. The van der Waals surface area contributed by atoms with Crippen LogP contribution in [0.25, 0.3) is 0 Å². The molecule has 1 amide bonds. The van der Waals surface area contributed by atoms with Crippen molar-refractivity contribution < 1.29 is 4.79 Å². The Morgan fingerprint density at radius 3 is 2.64 bits per heavy atom. The molecule has 1 heterocycles. The van der Waals surface area contributed by atoms with Gasteiger partial charge in [-0.15, -0.1) is 0 Å². The lowest BCUT2D eigenvalue weighted by atomic mass is 10.0. The van der Waals surface area contributed by atoms with Gasteiger partial charge in [0, 0.05) is 25.7 Å². The second-order valence-corrected chi connectivity index (χ2v) is 6.55. The molecule has 0 bridgehead atoms. The molecule has 1 aliphatic rings. The summed E-state index contributed by atoms with van der Waals surface area (Å²) >= 11 is 0. The van der Waals surface area contributed by atoms with Crippen molar-refractivity contribution >= 4 is 5.91 Å². The normalized spacial score (nSPS) is 19.9. The molecule has 2 rings (SSSR count). The van der Waals surface area contributed by atoms with Gasteiger partial charge in [-0.1, -0.05) is 51.1 Å². The third-order valence-corrected chi connectivity index (χ3v) is 4.63. The highest BCUT2D eigenvalue weighted by Gasteiger charge is 2.32. The van der Waals surface area contributed by atoms with E-state index in [0.717, 1.165) is 32.6 Å². The highest BCUT2D eigenvalue weighted by atomic mass is 16.2. The van der Waals surface area contributed by atoms with Crippen molar-refractivity contribution in [2.45, 2.75) is 45.8 Å². The van der Waals surface area contributed by atoms with Crippen LogP contribution < -0.4 is 5.73 Å². The molecule has 1 fully saturated rings. The molecule has 2 atom stereocenters. The minimum absolute atomic E-state index is 0.105. The predicted octanol–water partition coefficient (Wildman–Crippen LogP) is 2.09. The monoisotopic (exact) mass is 303 g/mol. The van der Waals surface area contributed by atoms with Gasteiger partial charge in [0.2, 0.25) is 5.91 Å². The van der Waals surface area contributed by atoms with Crippen molar-refractivity contribution in [1.82, 2.24) is 9.80 Å². The van der Waals surface area contributed by atoms with Gasteiger partial charge in [-0.3, -0.25) is 9.69 Å². The molecule has 0 radical (unpaired) electrons. The molecule has 122 valence electrons. The van der Waals surface area contributed by atoms with E-state index >= 15 is 0 Å². The van der Waals surface area contributed by atoms with E-state index in [2.05, 4.69) is 36.1 Å². The van der Waals surface area contributed by atoms with Gasteiger partial charge < -0.3 is 10.6 Å². The number of hydrogen-bond acceptors (Lipinski definition) is 3. The summed E-state index contributed by atoms with van der Waals surface area (Å²) in [6.45, 7) is 9.77. The maximum Gasteiger partial charge on any atom is 0.239 e. The van der Waals surface area contributed by atoms with Gasteiger partial charge in [0.25, 0.3) is 0 Å². The van der Waals surface area contributed by atoms with E-state index in [1.807, 2.05) is 24.8 Å². The van der Waals surface area contributed by atoms with Crippen LogP contribution in [0, 0.1) is 5.92 Å². The Hall–Kier alpha value is -1.39. The van der Waals surface area contributed by atoms with Crippen LogP contribution in [-0.4, -0.2) is 47.4 Å². The molecule has 0 aromatic heterocycles. The molecule has 2 N–H and O–H groups in total. The van der Waals surface area contributed by atoms with E-state index in [1.165, 1.54) is 5.56 Å². The molecule has 1 aromatic carbocycles. The van der Waals surface area contributed by atoms with E-state index in [-0.39, 0.29) is 17.9 Å². The van der Waals surface area contributed by atoms with Gasteiger partial charge in [0.05, 0.1) is 6.04 Å². The summed E-state index contributed by atoms with van der Waals surface area (Å²) < 4.78 is 0. The van der Waals surface area contributed by atoms with E-state index in [9.17, 15) is 4.79 Å². The third kappa shape index (κ3) is 4.08. The van der Waals surface area contributed by atoms with Gasteiger partial charge in [0.1, 0.15) is 0 Å². The highest BCUT2D eigenvalue weighted by Crippen LogP contribution is 2.19. The molecule has 0 unspecified atom stereocenters. The summed E-state index contributed by atoms with van der Waals surface area (Å²) in [7, 11) is 0. The zero-order valence-corrected chi connectivity index (χ0v) is 14.0. The molecule has 22 heavy (non-hydrogen) atoms. The molecule has 1 saturated heterocycles. The fraction of sp³-hybridized carbons (Fsp3) is 0.611. The topological polar surface area (TPSA) is 49.6 Å². The Balaban J connectivity index is 1.94. The Labute approximate surface area is 134 Å². The van der Waals surface area contributed by atoms with Crippen molar-refractivity contribution in [2.24, 2.45) is 11.7 Å². The van der Waals surface area contributed by atoms with Crippen molar-refractivity contribution in [3.63, 3.8) is 0 Å². The molecule has 0 spiro atoms. The minimum atomic E-state index is -0.372. The molecular weight excluding hydrogens is 274 g/mol. The van der Waals surface area contributed by atoms with Crippen LogP contribution in [0.4, 0.5) is 0 Å². The number of rotatable bonds is 6. The van der Waals surface area contributed by atoms with Gasteiger partial charge in [-0.05, 0) is 24.4 Å². The number of carbonyl (C=O) groups is 1. The van der Waals surface area contributed by atoms with Gasteiger partial charge >= 0.3 is 0 Å². The van der Waals surface area contributed by atoms with Crippen LogP contribution in [0.3, 0.4) is 0 Å². The molecule has 1 aromatic rings. The first kappa shape index (κ1) is 17.0. The van der Waals surface area contributed by atoms with Crippen molar-refractivity contribution in [2.75, 3.05) is 19.6 Å². The number of hydrogen-bond donors (Lipinski definition) is 1. The Kier molecular flexibility index (Phi) is 5.98. The van der Waals surface area contributed by atoms with E-state index < -0.39 is 0 Å². The Morgan fingerprint density at radius 1 is 1.36 bits per heavy atom. The number of likely N-dealkylation sites (tertiary alicyclic amines) is 1. The number of likely N-dealkylation sites (N-methyl/N-ethyl adjacent to an activating group) is 1. The van der Waals surface area contributed by atoms with Gasteiger partial charge in [-0.25, -0.2) is 0 Å². The number of carbonyl (C=O) groups excluding carboxylic acids is 1. The zero-order valence-electron chi connectivity index (χ0n) is 14.0. The Morgan fingerprint density at radius 2 is 2.05 bits per heavy atom. The third-order valence-electron chi connectivity index (χ3n) is 4.63. The lowest BCUT2D eigenvalue weighted by Gasteiger charge is -2.28. The average molecular weight is 303 g/mol. The first-order valence-electron chi connectivity index (χ1n) is 8.35. The maximum absolute atomic E-state index is 12.4. The van der Waals surface area contributed by atoms with E-state index in [1.54, 1.807) is 0 Å². The second kappa shape index (κ2) is 7.75. The quantitative estimate of drug-likeness (QED) is 0.875. The average Bonchev–Trinajstić information content (AvgIpc) is 3.01. The fourth-order valence-corrected chi connectivity index (χ4v) is 3.05. The molecular formula is C18H29N3O. The van der Waals surface area contributed by atoms with Crippen LogP contribution in [0.15, 0.2) is 30.3 Å². The van der Waals surface area contributed by atoms with Gasteiger partial charge in [0.15, 0.2) is 0 Å². The van der Waals surface area contributed by atoms with Crippen LogP contribution in [0.2, 0.25) is 0 Å². The second-order valence-electron chi connectivity index (χ2n) is 6.55. The Bertz CT molecular complexity index is 474. The first-order valence-corrected chi connectivity index (χ1v) is 8.35. The van der Waals surface area contributed by atoms with Gasteiger partial charge in [-0.2, -0.15) is 0 Å². The predicted molar refractivity (Wildman–Crippen MR) is 90.3 cm³/mol. The fourth-order valence-electron chi connectivity index (χ4n) is 3.05. The smallest absolute Gasteiger partial charge is 0.239 e. The largest absolute Gasteiger partial charge is 0.340 e. The van der Waals surface area contributed by atoms with Crippen molar-refractivity contribution in [3.05, 3.63) is 35.9 Å². The zero-order chi connectivity index (χ0) is 16.1. The number of benzene rings is 1.